The Hall–Kier alpha value is -3.25. The first-order valence-electron chi connectivity index (χ1n) is 9.39. The molecule has 0 fully saturated rings. The maximum absolute atomic E-state index is 6.30. The Morgan fingerprint density at radius 1 is 0.966 bits per heavy atom. The number of ether oxygens (including phenoxy) is 3. The Bertz CT molecular complexity index is 1140. The molecular formula is C22H16ClN3O3. The molecule has 0 spiro atoms. The molecule has 2 aromatic carbocycles. The van der Waals surface area contributed by atoms with Crippen molar-refractivity contribution < 1.29 is 14.2 Å². The number of pyridine rings is 1. The molecule has 0 bridgehead atoms. The van der Waals surface area contributed by atoms with Crippen molar-refractivity contribution in [3.8, 4) is 17.2 Å². The van der Waals surface area contributed by atoms with E-state index in [0.717, 1.165) is 46.2 Å². The molecular weight excluding hydrogens is 390 g/mol. The van der Waals surface area contributed by atoms with E-state index in [-0.39, 0.29) is 12.8 Å². The summed E-state index contributed by atoms with van der Waals surface area (Å²) in [5, 5.41) is 7.61. The zero-order valence-corrected chi connectivity index (χ0v) is 16.0. The van der Waals surface area contributed by atoms with Crippen LogP contribution in [0.2, 0.25) is 5.02 Å². The van der Waals surface area contributed by atoms with Crippen molar-refractivity contribution in [1.29, 1.82) is 0 Å². The molecule has 144 valence electrons. The maximum atomic E-state index is 6.30. The van der Waals surface area contributed by atoms with Crippen LogP contribution in [-0.4, -0.2) is 22.5 Å². The van der Waals surface area contributed by atoms with Crippen LogP contribution >= 0.6 is 11.6 Å². The van der Waals surface area contributed by atoms with Crippen molar-refractivity contribution in [3.05, 3.63) is 82.6 Å². The van der Waals surface area contributed by atoms with E-state index in [9.17, 15) is 0 Å². The summed E-state index contributed by atoms with van der Waals surface area (Å²) in [6, 6.07) is 17.5. The molecule has 6 rings (SSSR count). The summed E-state index contributed by atoms with van der Waals surface area (Å²) in [4.78, 5) is 4.50. The standard InChI is InChI=1S/C22H16ClN3O3/c23-14-5-7-19-15(10-14)18-11-17(13-4-6-20-21(9-13)28-12-27-20)25-26(18)22(29-19)16-3-1-2-8-24-16/h1-10,18,22H,11-12H2. The number of aromatic nitrogens is 1. The zero-order chi connectivity index (χ0) is 19.4. The Morgan fingerprint density at radius 2 is 1.86 bits per heavy atom. The van der Waals surface area contributed by atoms with Crippen LogP contribution in [-0.2, 0) is 0 Å². The highest BCUT2D eigenvalue weighted by Gasteiger charge is 2.41. The highest BCUT2D eigenvalue weighted by atomic mass is 35.5. The maximum Gasteiger partial charge on any atom is 0.231 e. The van der Waals surface area contributed by atoms with E-state index >= 15 is 0 Å². The molecule has 7 heteroatoms. The van der Waals surface area contributed by atoms with E-state index in [1.807, 2.05) is 59.6 Å². The van der Waals surface area contributed by atoms with Crippen LogP contribution in [0.3, 0.4) is 0 Å². The Labute approximate surface area is 172 Å². The summed E-state index contributed by atoms with van der Waals surface area (Å²) >= 11 is 6.28. The summed E-state index contributed by atoms with van der Waals surface area (Å²) < 4.78 is 17.3. The van der Waals surface area contributed by atoms with Crippen molar-refractivity contribution >= 4 is 17.3 Å². The largest absolute Gasteiger partial charge is 0.463 e. The first-order valence-corrected chi connectivity index (χ1v) is 9.77. The van der Waals surface area contributed by atoms with Gasteiger partial charge >= 0.3 is 0 Å². The van der Waals surface area contributed by atoms with E-state index in [1.165, 1.54) is 0 Å². The second kappa shape index (κ2) is 6.39. The molecule has 0 aliphatic carbocycles. The molecule has 2 atom stereocenters. The molecule has 2 unspecified atom stereocenters. The predicted molar refractivity (Wildman–Crippen MR) is 107 cm³/mol. The molecule has 4 heterocycles. The van der Waals surface area contributed by atoms with Crippen LogP contribution in [0.1, 0.15) is 35.5 Å². The average molecular weight is 406 g/mol. The van der Waals surface area contributed by atoms with Crippen LogP contribution < -0.4 is 14.2 Å². The summed E-state index contributed by atoms with van der Waals surface area (Å²) in [6.45, 7) is 0.251. The molecule has 3 aromatic rings. The second-order valence-corrected chi connectivity index (χ2v) is 7.56. The molecule has 1 aromatic heterocycles. The van der Waals surface area contributed by atoms with Crippen LogP contribution in [0.4, 0.5) is 0 Å². The fourth-order valence-corrected chi connectivity index (χ4v) is 4.21. The van der Waals surface area contributed by atoms with Gasteiger partial charge in [-0.1, -0.05) is 17.7 Å². The minimum Gasteiger partial charge on any atom is -0.463 e. The van der Waals surface area contributed by atoms with E-state index in [0.29, 0.717) is 5.02 Å². The molecule has 3 aliphatic rings. The molecule has 0 saturated carbocycles. The lowest BCUT2D eigenvalue weighted by Gasteiger charge is -2.37. The van der Waals surface area contributed by atoms with Gasteiger partial charge in [-0.15, -0.1) is 0 Å². The number of hydrazone groups is 1. The van der Waals surface area contributed by atoms with Crippen molar-refractivity contribution in [2.45, 2.75) is 18.7 Å². The summed E-state index contributed by atoms with van der Waals surface area (Å²) in [6.07, 6.45) is 2.10. The molecule has 3 aliphatic heterocycles. The van der Waals surface area contributed by atoms with Crippen molar-refractivity contribution in [3.63, 3.8) is 0 Å². The third-order valence-corrected chi connectivity index (χ3v) is 5.63. The fourth-order valence-electron chi connectivity index (χ4n) is 4.03. The van der Waals surface area contributed by atoms with Crippen LogP contribution in [0, 0.1) is 0 Å². The molecule has 29 heavy (non-hydrogen) atoms. The third kappa shape index (κ3) is 2.71. The third-order valence-electron chi connectivity index (χ3n) is 5.40. The second-order valence-electron chi connectivity index (χ2n) is 7.12. The van der Waals surface area contributed by atoms with Crippen molar-refractivity contribution in [2.75, 3.05) is 6.79 Å². The van der Waals surface area contributed by atoms with E-state index in [1.54, 1.807) is 6.20 Å². The van der Waals surface area contributed by atoms with Gasteiger partial charge in [-0.25, -0.2) is 5.01 Å². The monoisotopic (exact) mass is 405 g/mol. The van der Waals surface area contributed by atoms with Gasteiger partial charge in [0.15, 0.2) is 11.5 Å². The SMILES string of the molecule is Clc1ccc2c(c1)C1CC(c3ccc4c(c3)OCO4)=NN1C(c1ccccn1)O2. The lowest BCUT2D eigenvalue weighted by Crippen LogP contribution is -2.34. The Kier molecular flexibility index (Phi) is 3.67. The number of halogens is 1. The molecule has 0 radical (unpaired) electrons. The number of rotatable bonds is 2. The number of benzene rings is 2. The number of hydrogen-bond donors (Lipinski definition) is 0. The summed E-state index contributed by atoms with van der Waals surface area (Å²) in [5.41, 5.74) is 3.82. The van der Waals surface area contributed by atoms with Gasteiger partial charge in [0, 0.05) is 28.8 Å². The first kappa shape index (κ1) is 16.7. The van der Waals surface area contributed by atoms with Gasteiger partial charge in [0.2, 0.25) is 13.0 Å². The molecule has 0 N–H and O–H groups in total. The lowest BCUT2D eigenvalue weighted by atomic mass is 9.96. The summed E-state index contributed by atoms with van der Waals surface area (Å²) in [7, 11) is 0. The van der Waals surface area contributed by atoms with Crippen LogP contribution in [0.5, 0.6) is 17.2 Å². The number of nitrogens with zero attached hydrogens (tertiary/aromatic N) is 3. The van der Waals surface area contributed by atoms with Gasteiger partial charge in [-0.2, -0.15) is 5.10 Å². The van der Waals surface area contributed by atoms with Gasteiger partial charge in [0.25, 0.3) is 0 Å². The van der Waals surface area contributed by atoms with Gasteiger partial charge in [0.05, 0.1) is 11.8 Å². The first-order chi connectivity index (χ1) is 14.3. The highest BCUT2D eigenvalue weighted by Crippen LogP contribution is 2.48. The number of hydrogen-bond acceptors (Lipinski definition) is 6. The van der Waals surface area contributed by atoms with E-state index in [4.69, 9.17) is 30.9 Å². The highest BCUT2D eigenvalue weighted by molar-refractivity contribution is 6.30. The molecule has 0 amide bonds. The van der Waals surface area contributed by atoms with Crippen molar-refractivity contribution in [1.82, 2.24) is 9.99 Å². The molecule has 0 saturated heterocycles. The Balaban J connectivity index is 1.44. The lowest BCUT2D eigenvalue weighted by molar-refractivity contribution is -0.0218. The van der Waals surface area contributed by atoms with Crippen molar-refractivity contribution in [2.24, 2.45) is 5.10 Å². The Morgan fingerprint density at radius 3 is 2.76 bits per heavy atom. The zero-order valence-electron chi connectivity index (χ0n) is 15.3. The average Bonchev–Trinajstić information content (AvgIpc) is 3.40. The molecule has 6 nitrogen and oxygen atoms in total. The van der Waals surface area contributed by atoms with Crippen LogP contribution in [0.25, 0.3) is 0 Å². The minimum absolute atomic E-state index is 0.0184. The van der Waals surface area contributed by atoms with Gasteiger partial charge in [-0.3, -0.25) is 4.98 Å². The van der Waals surface area contributed by atoms with Gasteiger partial charge in [0.1, 0.15) is 11.4 Å². The minimum atomic E-state index is -0.401. The fraction of sp³-hybridized carbons (Fsp3) is 0.182. The predicted octanol–water partition coefficient (Wildman–Crippen LogP) is 4.71. The smallest absolute Gasteiger partial charge is 0.231 e. The number of fused-ring (bicyclic) bond motifs is 4. The quantitative estimate of drug-likeness (QED) is 0.618. The topological polar surface area (TPSA) is 56.2 Å². The normalized spacial score (nSPS) is 21.3. The summed E-state index contributed by atoms with van der Waals surface area (Å²) in [5.74, 6) is 2.32. The van der Waals surface area contributed by atoms with Gasteiger partial charge < -0.3 is 14.2 Å². The van der Waals surface area contributed by atoms with Gasteiger partial charge in [-0.05, 0) is 48.5 Å². The van der Waals surface area contributed by atoms with E-state index in [2.05, 4.69) is 4.98 Å². The van der Waals surface area contributed by atoms with E-state index < -0.39 is 6.23 Å². The van der Waals surface area contributed by atoms with Crippen LogP contribution in [0.15, 0.2) is 65.9 Å².